The standard InChI is InChI=1S/C7H7NS.2ClH/c1-2-4-7-6(3-1)8-5-9-7;;/h1,3,5H,2,4H2;2*1H. The van der Waals surface area contributed by atoms with Gasteiger partial charge in [-0.1, -0.05) is 6.08 Å². The van der Waals surface area contributed by atoms with Crippen LogP contribution in [0.2, 0.25) is 0 Å². The average Bonchev–Trinajstić information content (AvgIpc) is 2.33. The molecule has 0 aliphatic heterocycles. The second-order valence-corrected chi connectivity index (χ2v) is 3.04. The van der Waals surface area contributed by atoms with E-state index in [1.165, 1.54) is 23.4 Å². The van der Waals surface area contributed by atoms with Crippen LogP contribution in [0.25, 0.3) is 6.08 Å². The van der Waals surface area contributed by atoms with E-state index in [0.29, 0.717) is 0 Å². The highest BCUT2D eigenvalue weighted by atomic mass is 35.5. The zero-order valence-electron chi connectivity index (χ0n) is 5.82. The van der Waals surface area contributed by atoms with Crippen molar-refractivity contribution in [1.29, 1.82) is 0 Å². The Morgan fingerprint density at radius 2 is 2.18 bits per heavy atom. The van der Waals surface area contributed by atoms with Crippen molar-refractivity contribution in [2.24, 2.45) is 0 Å². The number of rotatable bonds is 0. The number of halogens is 2. The van der Waals surface area contributed by atoms with Crippen LogP contribution in [0.5, 0.6) is 0 Å². The summed E-state index contributed by atoms with van der Waals surface area (Å²) in [5.74, 6) is 0. The third-order valence-corrected chi connectivity index (χ3v) is 2.39. The lowest BCUT2D eigenvalue weighted by molar-refractivity contribution is 1.00. The molecule has 1 aliphatic rings. The van der Waals surface area contributed by atoms with Crippen molar-refractivity contribution in [3.8, 4) is 0 Å². The molecule has 0 saturated carbocycles. The molecule has 62 valence electrons. The minimum absolute atomic E-state index is 0. The summed E-state index contributed by atoms with van der Waals surface area (Å²) >= 11 is 1.76. The molecule has 0 atom stereocenters. The van der Waals surface area contributed by atoms with E-state index in [1.54, 1.807) is 11.3 Å². The van der Waals surface area contributed by atoms with E-state index in [2.05, 4.69) is 17.1 Å². The van der Waals surface area contributed by atoms with E-state index in [9.17, 15) is 0 Å². The molecule has 0 amide bonds. The van der Waals surface area contributed by atoms with Crippen LogP contribution >= 0.6 is 36.2 Å². The van der Waals surface area contributed by atoms with Gasteiger partial charge >= 0.3 is 0 Å². The van der Waals surface area contributed by atoms with Crippen molar-refractivity contribution in [2.75, 3.05) is 0 Å². The number of hydrogen-bond acceptors (Lipinski definition) is 2. The fraction of sp³-hybridized carbons (Fsp3) is 0.286. The van der Waals surface area contributed by atoms with Gasteiger partial charge < -0.3 is 0 Å². The molecule has 0 fully saturated rings. The summed E-state index contributed by atoms with van der Waals surface area (Å²) in [7, 11) is 0. The number of hydrogen-bond donors (Lipinski definition) is 0. The number of aryl methyl sites for hydroxylation is 1. The second-order valence-electron chi connectivity index (χ2n) is 2.10. The molecule has 0 bridgehead atoms. The van der Waals surface area contributed by atoms with Crippen LogP contribution < -0.4 is 0 Å². The Balaban J connectivity index is 0.000000500. The average molecular weight is 210 g/mol. The SMILES string of the molecule is C1=Cc2ncsc2CC1.Cl.Cl. The molecular formula is C7H9Cl2NS. The Hall–Kier alpha value is -0.0500. The van der Waals surface area contributed by atoms with Gasteiger partial charge in [-0.05, 0) is 18.9 Å². The van der Waals surface area contributed by atoms with Crippen LogP contribution in [0.1, 0.15) is 17.0 Å². The molecule has 1 heterocycles. The zero-order valence-corrected chi connectivity index (χ0v) is 8.27. The first-order valence-corrected chi connectivity index (χ1v) is 3.94. The van der Waals surface area contributed by atoms with Gasteiger partial charge in [-0.15, -0.1) is 36.2 Å². The number of aromatic nitrogens is 1. The van der Waals surface area contributed by atoms with Gasteiger partial charge in [-0.25, -0.2) is 4.98 Å². The van der Waals surface area contributed by atoms with Crippen molar-refractivity contribution in [2.45, 2.75) is 12.8 Å². The maximum absolute atomic E-state index is 4.19. The van der Waals surface area contributed by atoms with E-state index in [4.69, 9.17) is 0 Å². The fourth-order valence-corrected chi connectivity index (χ4v) is 1.78. The maximum atomic E-state index is 4.19. The van der Waals surface area contributed by atoms with E-state index in [1.807, 2.05) is 5.51 Å². The Bertz CT molecular complexity index is 244. The van der Waals surface area contributed by atoms with Gasteiger partial charge in [-0.3, -0.25) is 0 Å². The lowest BCUT2D eigenvalue weighted by Gasteiger charge is -1.99. The molecule has 4 heteroatoms. The molecule has 1 nitrogen and oxygen atoms in total. The van der Waals surface area contributed by atoms with Crippen LogP contribution in [0.15, 0.2) is 11.6 Å². The number of thiazole rings is 1. The van der Waals surface area contributed by atoms with Crippen LogP contribution in [0, 0.1) is 0 Å². The van der Waals surface area contributed by atoms with Crippen molar-refractivity contribution >= 4 is 42.2 Å². The molecule has 0 saturated heterocycles. The minimum Gasteiger partial charge on any atom is -0.245 e. The Labute approximate surface area is 82.4 Å². The summed E-state index contributed by atoms with van der Waals surface area (Å²) in [5, 5.41) is 0. The molecule has 1 aromatic heterocycles. The molecule has 0 unspecified atom stereocenters. The molecule has 11 heavy (non-hydrogen) atoms. The van der Waals surface area contributed by atoms with Crippen molar-refractivity contribution in [3.05, 3.63) is 22.2 Å². The summed E-state index contributed by atoms with van der Waals surface area (Å²) < 4.78 is 0. The predicted molar refractivity (Wildman–Crippen MR) is 54.0 cm³/mol. The monoisotopic (exact) mass is 209 g/mol. The second kappa shape index (κ2) is 4.75. The minimum atomic E-state index is 0. The first kappa shape index (κ1) is 11.0. The summed E-state index contributed by atoms with van der Waals surface area (Å²) in [4.78, 5) is 5.63. The maximum Gasteiger partial charge on any atom is 0.0801 e. The molecular weight excluding hydrogens is 201 g/mol. The van der Waals surface area contributed by atoms with E-state index in [-0.39, 0.29) is 24.8 Å². The lowest BCUT2D eigenvalue weighted by atomic mass is 10.1. The molecule has 1 aromatic rings. The molecule has 0 aromatic carbocycles. The number of allylic oxidation sites excluding steroid dienone is 1. The van der Waals surface area contributed by atoms with Crippen LogP contribution in [-0.4, -0.2) is 4.98 Å². The summed E-state index contributed by atoms with van der Waals surface area (Å²) in [6.07, 6.45) is 6.67. The Kier molecular flexibility index (Phi) is 4.73. The lowest BCUT2D eigenvalue weighted by Crippen LogP contribution is -1.87. The van der Waals surface area contributed by atoms with Gasteiger partial charge in [0.15, 0.2) is 0 Å². The quantitative estimate of drug-likeness (QED) is 0.641. The van der Waals surface area contributed by atoms with Crippen molar-refractivity contribution in [1.82, 2.24) is 4.98 Å². The van der Waals surface area contributed by atoms with Crippen LogP contribution in [-0.2, 0) is 6.42 Å². The Morgan fingerprint density at radius 1 is 1.36 bits per heavy atom. The fourth-order valence-electron chi connectivity index (χ4n) is 1.01. The van der Waals surface area contributed by atoms with Crippen LogP contribution in [0.4, 0.5) is 0 Å². The zero-order chi connectivity index (χ0) is 6.10. The predicted octanol–water partition coefficient (Wildman–Crippen LogP) is 2.95. The van der Waals surface area contributed by atoms with Gasteiger partial charge in [0.2, 0.25) is 0 Å². The summed E-state index contributed by atoms with van der Waals surface area (Å²) in [6.45, 7) is 0. The van der Waals surface area contributed by atoms with Gasteiger partial charge in [-0.2, -0.15) is 0 Å². The summed E-state index contributed by atoms with van der Waals surface area (Å²) in [5.41, 5.74) is 3.10. The van der Waals surface area contributed by atoms with Gasteiger partial charge in [0.1, 0.15) is 0 Å². The molecule has 1 aliphatic carbocycles. The Morgan fingerprint density at radius 3 is 2.91 bits per heavy atom. The smallest absolute Gasteiger partial charge is 0.0801 e. The van der Waals surface area contributed by atoms with E-state index in [0.717, 1.165) is 0 Å². The number of fused-ring (bicyclic) bond motifs is 1. The molecule has 0 N–H and O–H groups in total. The highest BCUT2D eigenvalue weighted by Gasteiger charge is 2.04. The first-order valence-electron chi connectivity index (χ1n) is 3.06. The van der Waals surface area contributed by atoms with Crippen molar-refractivity contribution in [3.63, 3.8) is 0 Å². The highest BCUT2D eigenvalue weighted by molar-refractivity contribution is 7.09. The van der Waals surface area contributed by atoms with Gasteiger partial charge in [0, 0.05) is 4.88 Å². The van der Waals surface area contributed by atoms with Gasteiger partial charge in [0.25, 0.3) is 0 Å². The largest absolute Gasteiger partial charge is 0.245 e. The molecule has 0 radical (unpaired) electrons. The van der Waals surface area contributed by atoms with Crippen molar-refractivity contribution < 1.29 is 0 Å². The van der Waals surface area contributed by atoms with E-state index >= 15 is 0 Å². The third kappa shape index (κ3) is 2.19. The third-order valence-electron chi connectivity index (χ3n) is 1.49. The van der Waals surface area contributed by atoms with Gasteiger partial charge in [0.05, 0.1) is 11.2 Å². The molecule has 0 spiro atoms. The summed E-state index contributed by atoms with van der Waals surface area (Å²) in [6, 6.07) is 0. The van der Waals surface area contributed by atoms with E-state index < -0.39 is 0 Å². The molecule has 2 rings (SSSR count). The first-order chi connectivity index (χ1) is 4.47. The topological polar surface area (TPSA) is 12.9 Å². The normalized spacial score (nSPS) is 12.7. The number of nitrogens with zero attached hydrogens (tertiary/aromatic N) is 1. The van der Waals surface area contributed by atoms with Crippen LogP contribution in [0.3, 0.4) is 0 Å². The highest BCUT2D eigenvalue weighted by Crippen LogP contribution is 2.20.